The van der Waals surface area contributed by atoms with Crippen molar-refractivity contribution in [1.29, 1.82) is 0 Å². The number of ether oxygens (including phenoxy) is 4. The van der Waals surface area contributed by atoms with E-state index in [1.807, 2.05) is 0 Å². The van der Waals surface area contributed by atoms with Gasteiger partial charge in [-0.15, -0.1) is 0 Å². The summed E-state index contributed by atoms with van der Waals surface area (Å²) >= 11 is 0. The Hall–Kier alpha value is -3.27. The number of hydrogen-bond donors (Lipinski definition) is 7. The van der Waals surface area contributed by atoms with Gasteiger partial charge in [-0.2, -0.15) is 0 Å². The Kier molecular flexibility index (Phi) is 7.50. The number of fused-ring (bicyclic) bond motifs is 1. The van der Waals surface area contributed by atoms with Gasteiger partial charge < -0.3 is 59.1 Å². The quantitative estimate of drug-likeness (QED) is 0.215. The molecule has 1 aromatic heterocycles. The molecule has 210 valence electrons. The molecule has 3 heterocycles. The van der Waals surface area contributed by atoms with E-state index >= 15 is 0 Å². The Balaban J connectivity index is 1.66. The summed E-state index contributed by atoms with van der Waals surface area (Å²) in [5.74, 6) is -0.379. The first kappa shape index (κ1) is 27.3. The minimum atomic E-state index is -1.71. The first-order valence-electron chi connectivity index (χ1n) is 12.1. The summed E-state index contributed by atoms with van der Waals surface area (Å²) in [5, 5.41) is 71.5. The van der Waals surface area contributed by atoms with Gasteiger partial charge in [-0.25, -0.2) is 0 Å². The molecule has 0 amide bonds. The molecular formula is C26H28O13. The molecule has 0 radical (unpaired) electrons. The fourth-order valence-corrected chi connectivity index (χ4v) is 4.77. The fraction of sp³-hybridized carbons (Fsp3) is 0.423. The highest BCUT2D eigenvalue weighted by molar-refractivity contribution is 5.89. The van der Waals surface area contributed by atoms with Crippen molar-refractivity contribution in [1.82, 2.24) is 0 Å². The molecule has 2 saturated heterocycles. The van der Waals surface area contributed by atoms with Gasteiger partial charge in [-0.1, -0.05) is 0 Å². The highest BCUT2D eigenvalue weighted by Gasteiger charge is 2.47. The van der Waals surface area contributed by atoms with Gasteiger partial charge >= 0.3 is 0 Å². The number of aromatic hydroxyl groups is 2. The average Bonchev–Trinajstić information content (AvgIpc) is 2.91. The van der Waals surface area contributed by atoms with Crippen molar-refractivity contribution < 1.29 is 59.1 Å². The van der Waals surface area contributed by atoms with Gasteiger partial charge in [0.05, 0.1) is 25.9 Å². The highest BCUT2D eigenvalue weighted by Crippen LogP contribution is 2.44. The Labute approximate surface area is 220 Å². The van der Waals surface area contributed by atoms with Gasteiger partial charge in [0, 0.05) is 17.7 Å². The van der Waals surface area contributed by atoms with Crippen molar-refractivity contribution in [2.24, 2.45) is 0 Å². The summed E-state index contributed by atoms with van der Waals surface area (Å²) in [7, 11) is 1.29. The van der Waals surface area contributed by atoms with Gasteiger partial charge in [-0.05, 0) is 24.3 Å². The van der Waals surface area contributed by atoms with Gasteiger partial charge in [-0.3, -0.25) is 4.79 Å². The van der Waals surface area contributed by atoms with Crippen LogP contribution in [0.3, 0.4) is 0 Å². The van der Waals surface area contributed by atoms with Crippen LogP contribution in [0.25, 0.3) is 22.3 Å². The van der Waals surface area contributed by atoms with Crippen LogP contribution in [0.2, 0.25) is 0 Å². The third-order valence-electron chi connectivity index (χ3n) is 6.86. The molecule has 0 unspecified atom stereocenters. The number of rotatable bonds is 5. The van der Waals surface area contributed by atoms with E-state index in [-0.39, 0.29) is 47.0 Å². The highest BCUT2D eigenvalue weighted by atomic mass is 16.7. The predicted molar refractivity (Wildman–Crippen MR) is 131 cm³/mol. The predicted octanol–water partition coefficient (Wildman–Crippen LogP) is -0.503. The molecule has 5 rings (SSSR count). The molecule has 8 atom stereocenters. The van der Waals surface area contributed by atoms with Crippen molar-refractivity contribution in [3.05, 3.63) is 52.2 Å². The Morgan fingerprint density at radius 2 is 1.54 bits per heavy atom. The largest absolute Gasteiger partial charge is 0.508 e. The molecule has 2 aliphatic rings. The topological polar surface area (TPSA) is 209 Å². The molecule has 39 heavy (non-hydrogen) atoms. The zero-order valence-electron chi connectivity index (χ0n) is 20.6. The standard InChI is InChI=1S/C26H28O13/c1-35-17-7-13(29)18-12(28)6-16(10-2-4-11(27)5-3-10)38-23(18)19(17)24-25(21(33)15(31)8-36-24)39-26-22(34)20(32)14(30)9-37-26/h2-7,14-15,20-22,24-27,29-34H,8-9H2,1H3/t14-,15+,20+,21-,22+,24+,25-,26+/m1/s1. The second kappa shape index (κ2) is 10.7. The molecule has 13 heteroatoms. The van der Waals surface area contributed by atoms with E-state index in [1.54, 1.807) is 0 Å². The lowest BCUT2D eigenvalue weighted by Crippen LogP contribution is -2.58. The summed E-state index contributed by atoms with van der Waals surface area (Å²) in [6, 6.07) is 8.16. The molecule has 2 fully saturated rings. The maximum atomic E-state index is 13.1. The summed E-state index contributed by atoms with van der Waals surface area (Å²) in [6.07, 6.45) is -12.0. The molecule has 0 bridgehead atoms. The normalized spacial score (nSPS) is 31.3. The second-order valence-electron chi connectivity index (χ2n) is 9.40. The summed E-state index contributed by atoms with van der Waals surface area (Å²) in [4.78, 5) is 13.1. The van der Waals surface area contributed by atoms with Crippen LogP contribution in [0.1, 0.15) is 11.7 Å². The zero-order valence-corrected chi connectivity index (χ0v) is 20.6. The van der Waals surface area contributed by atoms with E-state index in [2.05, 4.69) is 0 Å². The first-order valence-corrected chi connectivity index (χ1v) is 12.1. The smallest absolute Gasteiger partial charge is 0.197 e. The lowest BCUT2D eigenvalue weighted by molar-refractivity contribution is -0.316. The lowest BCUT2D eigenvalue weighted by Gasteiger charge is -2.43. The van der Waals surface area contributed by atoms with Crippen molar-refractivity contribution in [3.8, 4) is 28.6 Å². The first-order chi connectivity index (χ1) is 18.6. The van der Waals surface area contributed by atoms with E-state index in [9.17, 15) is 40.5 Å². The van der Waals surface area contributed by atoms with Crippen LogP contribution < -0.4 is 10.2 Å². The van der Waals surface area contributed by atoms with Gasteiger partial charge in [0.2, 0.25) is 0 Å². The maximum Gasteiger partial charge on any atom is 0.197 e. The fourth-order valence-electron chi connectivity index (χ4n) is 4.77. The van der Waals surface area contributed by atoms with Gasteiger partial charge in [0.1, 0.15) is 71.1 Å². The lowest BCUT2D eigenvalue weighted by atomic mass is 9.91. The summed E-state index contributed by atoms with van der Waals surface area (Å²) in [5.41, 5.74) is -0.299. The number of hydrogen-bond acceptors (Lipinski definition) is 13. The summed E-state index contributed by atoms with van der Waals surface area (Å²) in [6.45, 7) is -0.745. The Morgan fingerprint density at radius 3 is 2.23 bits per heavy atom. The number of benzene rings is 2. The van der Waals surface area contributed by atoms with Crippen LogP contribution in [0.5, 0.6) is 17.2 Å². The van der Waals surface area contributed by atoms with Crippen LogP contribution in [0.15, 0.2) is 45.6 Å². The molecule has 7 N–H and O–H groups in total. The number of aliphatic hydroxyl groups is 5. The van der Waals surface area contributed by atoms with Crippen molar-refractivity contribution in [2.75, 3.05) is 20.3 Å². The van der Waals surface area contributed by atoms with Crippen molar-refractivity contribution in [3.63, 3.8) is 0 Å². The molecule has 2 aromatic carbocycles. The number of aliphatic hydroxyl groups excluding tert-OH is 5. The second-order valence-corrected chi connectivity index (χ2v) is 9.40. The minimum Gasteiger partial charge on any atom is -0.508 e. The van der Waals surface area contributed by atoms with Crippen molar-refractivity contribution >= 4 is 11.0 Å². The summed E-state index contributed by atoms with van der Waals surface area (Å²) < 4.78 is 28.5. The number of methoxy groups -OCH3 is 1. The van der Waals surface area contributed by atoms with E-state index in [4.69, 9.17) is 23.4 Å². The molecular weight excluding hydrogens is 520 g/mol. The van der Waals surface area contributed by atoms with Crippen LogP contribution >= 0.6 is 0 Å². The molecule has 2 aliphatic heterocycles. The monoisotopic (exact) mass is 548 g/mol. The van der Waals surface area contributed by atoms with Crippen molar-refractivity contribution in [2.45, 2.75) is 49.0 Å². The Bertz CT molecular complexity index is 1390. The Morgan fingerprint density at radius 1 is 0.872 bits per heavy atom. The van der Waals surface area contributed by atoms with Crippen LogP contribution in [-0.4, -0.2) is 99.0 Å². The zero-order chi connectivity index (χ0) is 28.0. The van der Waals surface area contributed by atoms with E-state index in [0.29, 0.717) is 5.56 Å². The molecule has 0 spiro atoms. The molecule has 3 aromatic rings. The van der Waals surface area contributed by atoms with Crippen LogP contribution in [-0.2, 0) is 14.2 Å². The van der Waals surface area contributed by atoms with E-state index in [1.165, 1.54) is 37.4 Å². The minimum absolute atomic E-state index is 0.00483. The number of phenols is 2. The van der Waals surface area contributed by atoms with Gasteiger partial charge in [0.25, 0.3) is 0 Å². The number of phenolic OH excluding ortho intramolecular Hbond substituents is 2. The third kappa shape index (κ3) is 4.95. The van der Waals surface area contributed by atoms with Crippen LogP contribution in [0.4, 0.5) is 0 Å². The third-order valence-corrected chi connectivity index (χ3v) is 6.86. The maximum absolute atomic E-state index is 13.1. The SMILES string of the molecule is COc1cc(O)c2c(=O)cc(-c3ccc(O)cc3)oc2c1[C@@H]1OC[C@H](O)[C@@H](O)[C@H]1O[C@@H]1OC[C@@H](O)[C@H](O)[C@@H]1O. The van der Waals surface area contributed by atoms with Crippen LogP contribution in [0, 0.1) is 0 Å². The van der Waals surface area contributed by atoms with Gasteiger partial charge in [0.15, 0.2) is 17.3 Å². The van der Waals surface area contributed by atoms with E-state index in [0.717, 1.165) is 6.07 Å². The molecule has 0 saturated carbocycles. The molecule has 0 aliphatic carbocycles. The average molecular weight is 548 g/mol. The molecule has 13 nitrogen and oxygen atoms in total. The van der Waals surface area contributed by atoms with E-state index < -0.39 is 60.2 Å².